The van der Waals surface area contributed by atoms with Gasteiger partial charge < -0.3 is 11.1 Å². The molecule has 0 saturated heterocycles. The van der Waals surface area contributed by atoms with Crippen molar-refractivity contribution in [3.05, 3.63) is 0 Å². The lowest BCUT2D eigenvalue weighted by Crippen LogP contribution is -2.52. The van der Waals surface area contributed by atoms with Crippen LogP contribution in [0.5, 0.6) is 0 Å². The molecule has 1 fully saturated rings. The molecule has 1 saturated carbocycles. The second-order valence-corrected chi connectivity index (χ2v) is 7.68. The first-order valence-corrected chi connectivity index (χ1v) is 7.09. The van der Waals surface area contributed by atoms with Crippen molar-refractivity contribution >= 4 is 5.91 Å². The van der Waals surface area contributed by atoms with Crippen molar-refractivity contribution in [2.45, 2.75) is 60.4 Å². The molecule has 1 aliphatic carbocycles. The third-order valence-corrected chi connectivity index (χ3v) is 4.61. The SMILES string of the molecule is CC1C(N)CCC(C(=O)NCC(C)(C)C)C1(C)C. The van der Waals surface area contributed by atoms with E-state index in [1.165, 1.54) is 0 Å². The topological polar surface area (TPSA) is 55.1 Å². The highest BCUT2D eigenvalue weighted by molar-refractivity contribution is 5.79. The van der Waals surface area contributed by atoms with E-state index >= 15 is 0 Å². The molecule has 0 radical (unpaired) electrons. The zero-order valence-corrected chi connectivity index (χ0v) is 12.8. The summed E-state index contributed by atoms with van der Waals surface area (Å²) in [7, 11) is 0. The molecule has 0 aromatic carbocycles. The number of hydrogen-bond acceptors (Lipinski definition) is 2. The minimum absolute atomic E-state index is 0.0143. The molecular weight excluding hydrogens is 224 g/mol. The summed E-state index contributed by atoms with van der Waals surface area (Å²) < 4.78 is 0. The van der Waals surface area contributed by atoms with Crippen LogP contribution in [0.1, 0.15) is 54.4 Å². The summed E-state index contributed by atoms with van der Waals surface area (Å²) in [6.45, 7) is 13.7. The van der Waals surface area contributed by atoms with Gasteiger partial charge in [0.2, 0.25) is 5.91 Å². The number of nitrogens with two attached hydrogens (primary N) is 1. The van der Waals surface area contributed by atoms with Gasteiger partial charge in [0, 0.05) is 18.5 Å². The van der Waals surface area contributed by atoms with Crippen molar-refractivity contribution in [2.24, 2.45) is 28.4 Å². The van der Waals surface area contributed by atoms with E-state index in [0.29, 0.717) is 5.92 Å². The van der Waals surface area contributed by atoms with Crippen LogP contribution in [-0.2, 0) is 4.79 Å². The zero-order valence-electron chi connectivity index (χ0n) is 12.8. The predicted molar refractivity (Wildman–Crippen MR) is 76.1 cm³/mol. The van der Waals surface area contributed by atoms with Gasteiger partial charge in [-0.25, -0.2) is 0 Å². The number of amides is 1. The van der Waals surface area contributed by atoms with Gasteiger partial charge in [0.05, 0.1) is 0 Å². The lowest BCUT2D eigenvalue weighted by atomic mass is 9.61. The molecule has 106 valence electrons. The Bertz CT molecular complexity index is 304. The maximum absolute atomic E-state index is 12.4. The van der Waals surface area contributed by atoms with Crippen molar-refractivity contribution in [1.82, 2.24) is 5.32 Å². The van der Waals surface area contributed by atoms with Gasteiger partial charge in [-0.1, -0.05) is 41.5 Å². The van der Waals surface area contributed by atoms with Crippen LogP contribution in [-0.4, -0.2) is 18.5 Å². The molecule has 3 N–H and O–H groups in total. The monoisotopic (exact) mass is 254 g/mol. The average molecular weight is 254 g/mol. The fourth-order valence-electron chi connectivity index (χ4n) is 2.79. The summed E-state index contributed by atoms with van der Waals surface area (Å²) in [5.74, 6) is 0.681. The Balaban J connectivity index is 2.68. The van der Waals surface area contributed by atoms with E-state index in [4.69, 9.17) is 5.73 Å². The average Bonchev–Trinajstić information content (AvgIpc) is 2.22. The third kappa shape index (κ3) is 3.47. The van der Waals surface area contributed by atoms with Crippen LogP contribution in [0.4, 0.5) is 0 Å². The molecule has 3 nitrogen and oxygen atoms in total. The highest BCUT2D eigenvalue weighted by Gasteiger charge is 2.44. The fraction of sp³-hybridized carbons (Fsp3) is 0.933. The molecule has 3 heteroatoms. The van der Waals surface area contributed by atoms with E-state index in [0.717, 1.165) is 19.4 Å². The lowest BCUT2D eigenvalue weighted by Gasteiger charge is -2.46. The van der Waals surface area contributed by atoms with Crippen LogP contribution in [0.3, 0.4) is 0 Å². The maximum atomic E-state index is 12.4. The van der Waals surface area contributed by atoms with Crippen LogP contribution < -0.4 is 11.1 Å². The van der Waals surface area contributed by atoms with Crippen LogP contribution >= 0.6 is 0 Å². The van der Waals surface area contributed by atoms with Gasteiger partial charge >= 0.3 is 0 Å². The summed E-state index contributed by atoms with van der Waals surface area (Å²) in [6.07, 6.45) is 1.87. The molecule has 3 atom stereocenters. The van der Waals surface area contributed by atoms with Crippen LogP contribution in [0.2, 0.25) is 0 Å². The Morgan fingerprint density at radius 2 is 1.89 bits per heavy atom. The molecular formula is C15H30N2O. The largest absolute Gasteiger partial charge is 0.355 e. The first-order valence-electron chi connectivity index (χ1n) is 7.09. The van der Waals surface area contributed by atoms with Gasteiger partial charge in [0.25, 0.3) is 0 Å². The van der Waals surface area contributed by atoms with E-state index in [-0.39, 0.29) is 28.7 Å². The Morgan fingerprint density at radius 3 is 2.39 bits per heavy atom. The second-order valence-electron chi connectivity index (χ2n) is 7.68. The van der Waals surface area contributed by atoms with E-state index in [2.05, 4.69) is 46.9 Å². The first kappa shape index (κ1) is 15.5. The molecule has 1 rings (SSSR count). The number of carbonyl (C=O) groups excluding carboxylic acids is 1. The van der Waals surface area contributed by atoms with Crippen molar-refractivity contribution in [1.29, 1.82) is 0 Å². The highest BCUT2D eigenvalue weighted by Crippen LogP contribution is 2.44. The van der Waals surface area contributed by atoms with Gasteiger partial charge in [-0.2, -0.15) is 0 Å². The Morgan fingerprint density at radius 1 is 1.33 bits per heavy atom. The molecule has 0 bridgehead atoms. The van der Waals surface area contributed by atoms with E-state index in [1.807, 2.05) is 0 Å². The molecule has 1 aliphatic rings. The molecule has 0 aromatic heterocycles. The number of hydrogen-bond donors (Lipinski definition) is 2. The maximum Gasteiger partial charge on any atom is 0.223 e. The van der Waals surface area contributed by atoms with Crippen LogP contribution in [0.25, 0.3) is 0 Å². The van der Waals surface area contributed by atoms with Crippen molar-refractivity contribution < 1.29 is 4.79 Å². The van der Waals surface area contributed by atoms with E-state index in [9.17, 15) is 4.79 Å². The van der Waals surface area contributed by atoms with Gasteiger partial charge in [-0.3, -0.25) is 4.79 Å². The third-order valence-electron chi connectivity index (χ3n) is 4.61. The molecule has 0 aromatic rings. The fourth-order valence-corrected chi connectivity index (χ4v) is 2.79. The van der Waals surface area contributed by atoms with Crippen molar-refractivity contribution in [3.63, 3.8) is 0 Å². The quantitative estimate of drug-likeness (QED) is 0.795. The van der Waals surface area contributed by atoms with Crippen LogP contribution in [0, 0.1) is 22.7 Å². The summed E-state index contributed by atoms with van der Waals surface area (Å²) in [5, 5.41) is 3.10. The Labute approximate surface area is 112 Å². The molecule has 0 spiro atoms. The standard InChI is InChI=1S/C15H30N2O/c1-10-12(16)8-7-11(15(10,5)6)13(18)17-9-14(2,3)4/h10-12H,7-9,16H2,1-6H3,(H,17,18). The van der Waals surface area contributed by atoms with Gasteiger partial charge in [0.15, 0.2) is 0 Å². The molecule has 3 unspecified atom stereocenters. The molecule has 0 aliphatic heterocycles. The first-order chi connectivity index (χ1) is 8.05. The molecule has 0 heterocycles. The van der Waals surface area contributed by atoms with E-state index < -0.39 is 0 Å². The number of rotatable bonds is 2. The zero-order chi connectivity index (χ0) is 14.1. The predicted octanol–water partition coefficient (Wildman–Crippen LogP) is 2.55. The highest BCUT2D eigenvalue weighted by atomic mass is 16.1. The molecule has 18 heavy (non-hydrogen) atoms. The number of carbonyl (C=O) groups is 1. The van der Waals surface area contributed by atoms with Crippen LogP contribution in [0.15, 0.2) is 0 Å². The van der Waals surface area contributed by atoms with Gasteiger partial charge in [-0.15, -0.1) is 0 Å². The van der Waals surface area contributed by atoms with Crippen molar-refractivity contribution in [2.75, 3.05) is 6.54 Å². The second kappa shape index (κ2) is 5.20. The number of nitrogens with one attached hydrogen (secondary N) is 1. The normalized spacial score (nSPS) is 32.1. The summed E-state index contributed by atoms with van der Waals surface area (Å²) in [4.78, 5) is 12.4. The minimum atomic E-state index is -0.0143. The van der Waals surface area contributed by atoms with E-state index in [1.54, 1.807) is 0 Å². The minimum Gasteiger partial charge on any atom is -0.355 e. The van der Waals surface area contributed by atoms with Gasteiger partial charge in [0.1, 0.15) is 0 Å². The smallest absolute Gasteiger partial charge is 0.223 e. The summed E-state index contributed by atoms with van der Waals surface area (Å²) in [5.41, 5.74) is 6.25. The Hall–Kier alpha value is -0.570. The Kier molecular flexibility index (Phi) is 4.47. The van der Waals surface area contributed by atoms with Gasteiger partial charge in [-0.05, 0) is 29.6 Å². The van der Waals surface area contributed by atoms with Crippen molar-refractivity contribution in [3.8, 4) is 0 Å². The molecule has 1 amide bonds. The summed E-state index contributed by atoms with van der Waals surface area (Å²) in [6, 6.07) is 0.228. The lowest BCUT2D eigenvalue weighted by molar-refractivity contribution is -0.132. The summed E-state index contributed by atoms with van der Waals surface area (Å²) >= 11 is 0.